The topological polar surface area (TPSA) is 82.1 Å². The zero-order chi connectivity index (χ0) is 23.5. The maximum absolute atomic E-state index is 12.8. The molecular formula is C23H28ClNO6S. The molecule has 0 atom stereocenters. The molecule has 1 heterocycles. The van der Waals surface area contributed by atoms with Crippen LogP contribution in [0.5, 0.6) is 11.5 Å². The number of amides is 1. The second-order valence-electron chi connectivity index (χ2n) is 8.59. The molecule has 0 aliphatic carbocycles. The summed E-state index contributed by atoms with van der Waals surface area (Å²) in [6.07, 6.45) is 1.05. The van der Waals surface area contributed by atoms with Crippen molar-refractivity contribution in [3.63, 3.8) is 0 Å². The van der Waals surface area contributed by atoms with Crippen LogP contribution < -0.4 is 8.92 Å². The number of piperidine rings is 1. The molecule has 32 heavy (non-hydrogen) atoms. The van der Waals surface area contributed by atoms with Gasteiger partial charge in [0.15, 0.2) is 11.5 Å². The molecule has 1 fully saturated rings. The summed E-state index contributed by atoms with van der Waals surface area (Å²) in [5.41, 5.74) is 0.291. The number of likely N-dealkylation sites (tertiary alicyclic amines) is 1. The third-order valence-corrected chi connectivity index (χ3v) is 6.84. The zero-order valence-electron chi connectivity index (χ0n) is 18.6. The lowest BCUT2D eigenvalue weighted by atomic mass is 9.88. The van der Waals surface area contributed by atoms with Crippen molar-refractivity contribution in [3.8, 4) is 11.5 Å². The number of halogens is 1. The van der Waals surface area contributed by atoms with Gasteiger partial charge in [0, 0.05) is 18.7 Å². The minimum absolute atomic E-state index is 0.0789. The summed E-state index contributed by atoms with van der Waals surface area (Å²) in [7, 11) is -2.67. The normalized spacial score (nSPS) is 15.3. The maximum Gasteiger partial charge on any atom is 0.410 e. The van der Waals surface area contributed by atoms with Gasteiger partial charge in [-0.3, -0.25) is 0 Å². The maximum atomic E-state index is 12.8. The number of nitrogens with zero attached hydrogens (tertiary/aromatic N) is 1. The first-order valence-electron chi connectivity index (χ1n) is 10.4. The molecule has 9 heteroatoms. The fourth-order valence-corrected chi connectivity index (χ4v) is 5.08. The Morgan fingerprint density at radius 2 is 1.72 bits per heavy atom. The average molecular weight is 482 g/mol. The summed E-state index contributed by atoms with van der Waals surface area (Å²) in [4.78, 5) is 13.9. The first-order chi connectivity index (χ1) is 15.0. The van der Waals surface area contributed by atoms with E-state index in [1.165, 1.54) is 19.2 Å². The summed E-state index contributed by atoms with van der Waals surface area (Å²) in [6.45, 7) is 6.58. The van der Waals surface area contributed by atoms with Crippen LogP contribution in [0, 0.1) is 0 Å². The molecule has 3 rings (SSSR count). The minimum atomic E-state index is -4.14. The summed E-state index contributed by atoms with van der Waals surface area (Å²) >= 11 is 6.05. The highest BCUT2D eigenvalue weighted by molar-refractivity contribution is 7.87. The molecule has 2 aromatic rings. The molecule has 7 nitrogen and oxygen atoms in total. The molecule has 0 radical (unpaired) electrons. The highest BCUT2D eigenvalue weighted by Gasteiger charge is 2.30. The number of methoxy groups -OCH3 is 1. The summed E-state index contributed by atoms with van der Waals surface area (Å²) in [6, 6.07) is 11.3. The highest BCUT2D eigenvalue weighted by atomic mass is 35.5. The van der Waals surface area contributed by atoms with Gasteiger partial charge in [-0.25, -0.2) is 4.79 Å². The van der Waals surface area contributed by atoms with E-state index in [9.17, 15) is 13.2 Å². The van der Waals surface area contributed by atoms with Crippen molar-refractivity contribution in [2.75, 3.05) is 20.2 Å². The fraction of sp³-hybridized carbons (Fsp3) is 0.435. The predicted octanol–water partition coefficient (Wildman–Crippen LogP) is 5.23. The van der Waals surface area contributed by atoms with Crippen molar-refractivity contribution in [2.24, 2.45) is 0 Å². The van der Waals surface area contributed by atoms with Crippen molar-refractivity contribution in [2.45, 2.75) is 50.0 Å². The number of para-hydroxylation sites is 1. The van der Waals surface area contributed by atoms with Gasteiger partial charge in [-0.1, -0.05) is 35.9 Å². The van der Waals surface area contributed by atoms with Crippen LogP contribution in [0.1, 0.15) is 45.1 Å². The van der Waals surface area contributed by atoms with Crippen molar-refractivity contribution in [1.29, 1.82) is 0 Å². The van der Waals surface area contributed by atoms with E-state index in [0.29, 0.717) is 31.7 Å². The Balaban J connectivity index is 1.78. The smallest absolute Gasteiger partial charge is 0.410 e. The van der Waals surface area contributed by atoms with E-state index in [-0.39, 0.29) is 27.7 Å². The van der Waals surface area contributed by atoms with E-state index < -0.39 is 15.7 Å². The highest BCUT2D eigenvalue weighted by Crippen LogP contribution is 2.41. The number of hydrogen-bond donors (Lipinski definition) is 0. The molecule has 0 saturated carbocycles. The van der Waals surface area contributed by atoms with Crippen LogP contribution in [0.2, 0.25) is 5.02 Å². The predicted molar refractivity (Wildman–Crippen MR) is 122 cm³/mol. The molecule has 0 bridgehead atoms. The van der Waals surface area contributed by atoms with E-state index >= 15 is 0 Å². The van der Waals surface area contributed by atoms with Crippen molar-refractivity contribution < 1.29 is 26.9 Å². The number of carbonyl (C=O) groups is 1. The fourth-order valence-electron chi connectivity index (χ4n) is 3.65. The molecular weight excluding hydrogens is 454 g/mol. The quantitative estimate of drug-likeness (QED) is 0.544. The van der Waals surface area contributed by atoms with Crippen molar-refractivity contribution >= 4 is 27.8 Å². The van der Waals surface area contributed by atoms with Gasteiger partial charge in [0.1, 0.15) is 10.5 Å². The molecule has 0 spiro atoms. The van der Waals surface area contributed by atoms with Crippen LogP contribution in [0.3, 0.4) is 0 Å². The standard InChI is InChI=1S/C23H28ClNO6S/c1-23(2,3)30-22(26)25-14-12-16(13-15-25)17-8-7-10-19(21(17)29-4)31-32(27,28)20-11-6-5-9-18(20)24/h5-11,16H,12-15H2,1-4H3. The third kappa shape index (κ3) is 5.66. The van der Waals surface area contributed by atoms with Crippen LogP contribution in [-0.2, 0) is 14.9 Å². The van der Waals surface area contributed by atoms with Gasteiger partial charge in [0.25, 0.3) is 0 Å². The van der Waals surface area contributed by atoms with Crippen molar-refractivity contribution in [1.82, 2.24) is 4.90 Å². The van der Waals surface area contributed by atoms with Gasteiger partial charge in [-0.2, -0.15) is 8.42 Å². The molecule has 1 amide bonds. The number of ether oxygens (including phenoxy) is 2. The zero-order valence-corrected chi connectivity index (χ0v) is 20.2. The first kappa shape index (κ1) is 24.2. The molecule has 1 saturated heterocycles. The number of hydrogen-bond acceptors (Lipinski definition) is 6. The Labute approximate surface area is 194 Å². The van der Waals surface area contributed by atoms with Gasteiger partial charge in [-0.15, -0.1) is 0 Å². The minimum Gasteiger partial charge on any atom is -0.492 e. The third-order valence-electron chi connectivity index (χ3n) is 5.11. The van der Waals surface area contributed by atoms with Gasteiger partial charge >= 0.3 is 16.2 Å². The van der Waals surface area contributed by atoms with E-state index in [1.807, 2.05) is 26.8 Å². The van der Waals surface area contributed by atoms with Crippen LogP contribution >= 0.6 is 11.6 Å². The SMILES string of the molecule is COc1c(OS(=O)(=O)c2ccccc2Cl)cccc1C1CCN(C(=O)OC(C)(C)C)CC1. The number of benzene rings is 2. The number of carbonyl (C=O) groups excluding carboxylic acids is 1. The summed E-state index contributed by atoms with van der Waals surface area (Å²) in [5.74, 6) is 0.536. The Hall–Kier alpha value is -2.45. The molecule has 174 valence electrons. The Morgan fingerprint density at radius 1 is 1.06 bits per heavy atom. The second-order valence-corrected chi connectivity index (χ2v) is 10.5. The first-order valence-corrected chi connectivity index (χ1v) is 12.1. The lowest BCUT2D eigenvalue weighted by Gasteiger charge is -2.34. The summed E-state index contributed by atoms with van der Waals surface area (Å²) in [5, 5.41) is 0.0807. The largest absolute Gasteiger partial charge is 0.492 e. The Kier molecular flexibility index (Phi) is 7.25. The molecule has 1 aliphatic rings. The van der Waals surface area contributed by atoms with Crippen molar-refractivity contribution in [3.05, 3.63) is 53.1 Å². The van der Waals surface area contributed by atoms with Crippen LogP contribution in [-0.4, -0.2) is 45.2 Å². The molecule has 0 aromatic heterocycles. The van der Waals surface area contributed by atoms with E-state index in [2.05, 4.69) is 0 Å². The molecule has 2 aromatic carbocycles. The summed E-state index contributed by atoms with van der Waals surface area (Å²) < 4.78 is 42.0. The van der Waals surface area contributed by atoms with E-state index in [4.69, 9.17) is 25.3 Å². The number of rotatable bonds is 5. The van der Waals surface area contributed by atoms with E-state index in [1.54, 1.807) is 29.2 Å². The lowest BCUT2D eigenvalue weighted by molar-refractivity contribution is 0.0204. The van der Waals surface area contributed by atoms with Gasteiger partial charge < -0.3 is 18.6 Å². The van der Waals surface area contributed by atoms with Gasteiger partial charge in [-0.05, 0) is 57.7 Å². The lowest BCUT2D eigenvalue weighted by Crippen LogP contribution is -2.41. The Morgan fingerprint density at radius 3 is 2.31 bits per heavy atom. The monoisotopic (exact) mass is 481 g/mol. The average Bonchev–Trinajstić information content (AvgIpc) is 2.72. The second kappa shape index (κ2) is 9.58. The Bertz CT molecular complexity index is 1070. The van der Waals surface area contributed by atoms with Crippen LogP contribution in [0.4, 0.5) is 4.79 Å². The van der Waals surface area contributed by atoms with E-state index in [0.717, 1.165) is 5.56 Å². The molecule has 0 N–H and O–H groups in total. The molecule has 1 aliphatic heterocycles. The van der Waals surface area contributed by atoms with Crippen LogP contribution in [0.15, 0.2) is 47.4 Å². The van der Waals surface area contributed by atoms with Crippen LogP contribution in [0.25, 0.3) is 0 Å². The molecule has 0 unspecified atom stereocenters. The van der Waals surface area contributed by atoms with Gasteiger partial charge in [0.2, 0.25) is 0 Å². The van der Waals surface area contributed by atoms with Gasteiger partial charge in [0.05, 0.1) is 12.1 Å².